The number of hydrogen-bond donors (Lipinski definition) is 1. The van der Waals surface area contributed by atoms with E-state index in [0.717, 1.165) is 30.6 Å². The van der Waals surface area contributed by atoms with E-state index >= 15 is 0 Å². The van der Waals surface area contributed by atoms with E-state index in [1.54, 1.807) is 19.2 Å². The molecule has 1 aliphatic carbocycles. The Morgan fingerprint density at radius 2 is 2.33 bits per heavy atom. The molecule has 2 nitrogen and oxygen atoms in total. The smallest absolute Gasteiger partial charge is 0.124 e. The third kappa shape index (κ3) is 2.92. The van der Waals surface area contributed by atoms with E-state index in [1.165, 1.54) is 5.56 Å². The monoisotopic (exact) mass is 315 g/mol. The van der Waals surface area contributed by atoms with Gasteiger partial charge in [0, 0.05) is 18.1 Å². The van der Waals surface area contributed by atoms with E-state index in [0.29, 0.717) is 5.92 Å². The topological polar surface area (TPSA) is 21.3 Å². The van der Waals surface area contributed by atoms with E-state index in [4.69, 9.17) is 4.74 Å². The van der Waals surface area contributed by atoms with Gasteiger partial charge in [-0.05, 0) is 42.0 Å². The summed E-state index contributed by atoms with van der Waals surface area (Å²) in [5.74, 6) is 0.431. The van der Waals surface area contributed by atoms with Crippen LogP contribution in [0.3, 0.4) is 0 Å². The van der Waals surface area contributed by atoms with Gasteiger partial charge in [-0.25, -0.2) is 4.39 Å². The van der Waals surface area contributed by atoms with Crippen LogP contribution in [0.15, 0.2) is 22.7 Å². The maximum absolute atomic E-state index is 13.1. The Kier molecular flexibility index (Phi) is 4.41. The Labute approximate surface area is 116 Å². The summed E-state index contributed by atoms with van der Waals surface area (Å²) in [6.07, 6.45) is 1.15. The van der Waals surface area contributed by atoms with Crippen LogP contribution in [0.4, 0.5) is 4.39 Å². The average molecular weight is 316 g/mol. The Bertz CT molecular complexity index is 426. The molecular formula is C14H19BrFNO. The second-order valence-corrected chi connectivity index (χ2v) is 5.99. The fourth-order valence-corrected chi connectivity index (χ4v) is 3.29. The summed E-state index contributed by atoms with van der Waals surface area (Å²) in [6.45, 7) is 4.86. The minimum Gasteiger partial charge on any atom is -0.383 e. The number of nitrogens with one attached hydrogen (secondary N) is 1. The van der Waals surface area contributed by atoms with Gasteiger partial charge < -0.3 is 10.1 Å². The van der Waals surface area contributed by atoms with Crippen LogP contribution < -0.4 is 5.32 Å². The summed E-state index contributed by atoms with van der Waals surface area (Å²) in [4.78, 5) is 0. The number of hydrogen-bond acceptors (Lipinski definition) is 2. The number of ether oxygens (including phenoxy) is 1. The van der Waals surface area contributed by atoms with Crippen molar-refractivity contribution < 1.29 is 9.13 Å². The lowest BCUT2D eigenvalue weighted by atomic mass is 9.95. The Morgan fingerprint density at radius 3 is 3.00 bits per heavy atom. The van der Waals surface area contributed by atoms with Crippen molar-refractivity contribution in [2.45, 2.75) is 18.8 Å². The highest BCUT2D eigenvalue weighted by Gasteiger charge is 2.51. The molecule has 4 heteroatoms. The van der Waals surface area contributed by atoms with Crippen LogP contribution >= 0.6 is 15.9 Å². The van der Waals surface area contributed by atoms with Gasteiger partial charge in [-0.15, -0.1) is 0 Å². The van der Waals surface area contributed by atoms with Crippen LogP contribution in [0.1, 0.15) is 18.9 Å². The quantitative estimate of drug-likeness (QED) is 0.814. The fraction of sp³-hybridized carbons (Fsp3) is 0.571. The number of methoxy groups -OCH3 is 1. The van der Waals surface area contributed by atoms with E-state index < -0.39 is 0 Å². The van der Waals surface area contributed by atoms with Crippen LogP contribution in [-0.4, -0.2) is 26.8 Å². The summed E-state index contributed by atoms with van der Waals surface area (Å²) in [5, 5.41) is 3.39. The SMILES string of the molecule is COCCNCC1CC1(C)c1ccc(F)cc1Br. The highest BCUT2D eigenvalue weighted by atomic mass is 79.9. The molecule has 0 saturated heterocycles. The summed E-state index contributed by atoms with van der Waals surface area (Å²) in [6, 6.07) is 4.99. The largest absolute Gasteiger partial charge is 0.383 e. The lowest BCUT2D eigenvalue weighted by Crippen LogP contribution is -2.24. The van der Waals surface area contributed by atoms with Gasteiger partial charge >= 0.3 is 0 Å². The van der Waals surface area contributed by atoms with Crippen molar-refractivity contribution in [3.63, 3.8) is 0 Å². The average Bonchev–Trinajstić information content (AvgIpc) is 2.96. The van der Waals surface area contributed by atoms with Crippen LogP contribution in [0.2, 0.25) is 0 Å². The summed E-state index contributed by atoms with van der Waals surface area (Å²) in [5.41, 5.74) is 1.38. The van der Waals surface area contributed by atoms with Crippen molar-refractivity contribution in [3.8, 4) is 0 Å². The molecule has 2 rings (SSSR count). The molecule has 1 N–H and O–H groups in total. The van der Waals surface area contributed by atoms with Gasteiger partial charge in [0.25, 0.3) is 0 Å². The maximum atomic E-state index is 13.1. The van der Waals surface area contributed by atoms with Gasteiger partial charge in [-0.3, -0.25) is 0 Å². The molecule has 1 aliphatic rings. The minimum absolute atomic E-state index is 0.173. The molecule has 0 spiro atoms. The number of benzene rings is 1. The predicted molar refractivity (Wildman–Crippen MR) is 74.3 cm³/mol. The van der Waals surface area contributed by atoms with Gasteiger partial charge in [0.05, 0.1) is 6.61 Å². The van der Waals surface area contributed by atoms with Crippen molar-refractivity contribution in [2.24, 2.45) is 5.92 Å². The first kappa shape index (κ1) is 14.0. The van der Waals surface area contributed by atoms with Crippen molar-refractivity contribution in [2.75, 3.05) is 26.8 Å². The molecule has 2 unspecified atom stereocenters. The third-order valence-corrected chi connectivity index (χ3v) is 4.49. The van der Waals surface area contributed by atoms with E-state index in [-0.39, 0.29) is 11.2 Å². The van der Waals surface area contributed by atoms with Crippen molar-refractivity contribution in [1.82, 2.24) is 5.32 Å². The lowest BCUT2D eigenvalue weighted by molar-refractivity contribution is 0.199. The second kappa shape index (κ2) is 5.68. The van der Waals surface area contributed by atoms with Crippen LogP contribution in [-0.2, 0) is 10.2 Å². The molecule has 1 fully saturated rings. The third-order valence-electron chi connectivity index (χ3n) is 3.83. The van der Waals surface area contributed by atoms with E-state index in [9.17, 15) is 4.39 Å². The lowest BCUT2D eigenvalue weighted by Gasteiger charge is -2.14. The molecule has 1 saturated carbocycles. The Hall–Kier alpha value is -0.450. The molecule has 1 aromatic carbocycles. The fourth-order valence-electron chi connectivity index (χ4n) is 2.48. The molecule has 2 atom stereocenters. The summed E-state index contributed by atoms with van der Waals surface area (Å²) in [7, 11) is 1.71. The molecule has 100 valence electrons. The van der Waals surface area contributed by atoms with Crippen molar-refractivity contribution >= 4 is 15.9 Å². The van der Waals surface area contributed by atoms with E-state index in [1.807, 2.05) is 6.07 Å². The first-order valence-corrected chi connectivity index (χ1v) is 7.02. The van der Waals surface area contributed by atoms with Crippen LogP contribution in [0.5, 0.6) is 0 Å². The van der Waals surface area contributed by atoms with Gasteiger partial charge in [0.2, 0.25) is 0 Å². The second-order valence-electron chi connectivity index (χ2n) is 5.14. The Morgan fingerprint density at radius 1 is 1.56 bits per heavy atom. The Balaban J connectivity index is 1.93. The molecule has 0 aliphatic heterocycles. The highest BCUT2D eigenvalue weighted by molar-refractivity contribution is 9.10. The van der Waals surface area contributed by atoms with Gasteiger partial charge in [-0.1, -0.05) is 28.9 Å². The summed E-state index contributed by atoms with van der Waals surface area (Å²) < 4.78 is 19.0. The predicted octanol–water partition coefficient (Wildman–Crippen LogP) is 3.10. The molecule has 18 heavy (non-hydrogen) atoms. The molecule has 0 aromatic heterocycles. The zero-order valence-electron chi connectivity index (χ0n) is 10.8. The molecule has 0 amide bonds. The molecule has 1 aromatic rings. The van der Waals surface area contributed by atoms with Crippen molar-refractivity contribution in [3.05, 3.63) is 34.1 Å². The zero-order chi connectivity index (χ0) is 13.2. The molecule has 0 heterocycles. The standard InChI is InChI=1S/C14H19BrFNO/c1-14(8-10(14)9-17-5-6-18-2)12-4-3-11(16)7-13(12)15/h3-4,7,10,17H,5-6,8-9H2,1-2H3. The van der Waals surface area contributed by atoms with Gasteiger partial charge in [0.1, 0.15) is 5.82 Å². The van der Waals surface area contributed by atoms with Gasteiger partial charge in [0.15, 0.2) is 0 Å². The van der Waals surface area contributed by atoms with Crippen LogP contribution in [0.25, 0.3) is 0 Å². The van der Waals surface area contributed by atoms with Crippen LogP contribution in [0, 0.1) is 11.7 Å². The maximum Gasteiger partial charge on any atom is 0.124 e. The number of rotatable bonds is 6. The summed E-state index contributed by atoms with van der Waals surface area (Å²) >= 11 is 3.46. The highest BCUT2D eigenvalue weighted by Crippen LogP contribution is 2.55. The van der Waals surface area contributed by atoms with Gasteiger partial charge in [-0.2, -0.15) is 0 Å². The molecule has 0 bridgehead atoms. The first-order valence-electron chi connectivity index (χ1n) is 6.23. The normalized spacial score (nSPS) is 26.3. The zero-order valence-corrected chi connectivity index (χ0v) is 12.4. The minimum atomic E-state index is -0.190. The van der Waals surface area contributed by atoms with Crippen molar-refractivity contribution in [1.29, 1.82) is 0 Å². The van der Waals surface area contributed by atoms with E-state index in [2.05, 4.69) is 28.2 Å². The number of halogens is 2. The first-order chi connectivity index (χ1) is 8.58. The molecule has 0 radical (unpaired) electrons. The molecular weight excluding hydrogens is 297 g/mol.